The molecule has 1 N–H and O–H groups in total. The lowest BCUT2D eigenvalue weighted by atomic mass is 9.71. The Kier molecular flexibility index (Phi) is 8.93. The van der Waals surface area contributed by atoms with Gasteiger partial charge in [0.1, 0.15) is 22.7 Å². The van der Waals surface area contributed by atoms with Gasteiger partial charge in [0.2, 0.25) is 0 Å². The van der Waals surface area contributed by atoms with Crippen LogP contribution in [-0.4, -0.2) is 74.4 Å². The monoisotopic (exact) mass is 614 g/mol. The molecule has 1 atom stereocenters. The number of allylic oxidation sites excluding steroid dienone is 1. The van der Waals surface area contributed by atoms with Gasteiger partial charge in [0, 0.05) is 68.2 Å². The second kappa shape index (κ2) is 13.0. The first-order valence-electron chi connectivity index (χ1n) is 15.1. The minimum Gasteiger partial charge on any atom is -0.465 e. The SMILES string of the molecule is COCC1(C)CCC(CN2CCN(c3ccc(C(=O)OC)c(Oc4cnc5[nH]ccc5c4)c3)CC2)=C(c2ccc(Cl)cc2)C1. The second-order valence-electron chi connectivity index (χ2n) is 12.1. The molecule has 1 saturated heterocycles. The van der Waals surface area contributed by atoms with E-state index in [-0.39, 0.29) is 5.41 Å². The molecule has 0 saturated carbocycles. The zero-order chi connectivity index (χ0) is 30.7. The summed E-state index contributed by atoms with van der Waals surface area (Å²) in [5, 5.41) is 1.69. The number of H-pyrrole nitrogens is 1. The largest absolute Gasteiger partial charge is 0.465 e. The molecule has 2 aromatic heterocycles. The molecule has 6 rings (SSSR count). The minimum absolute atomic E-state index is 0.130. The van der Waals surface area contributed by atoms with Crippen LogP contribution in [0.25, 0.3) is 16.6 Å². The first-order valence-corrected chi connectivity index (χ1v) is 15.5. The van der Waals surface area contributed by atoms with Gasteiger partial charge in [-0.2, -0.15) is 0 Å². The molecule has 2 aromatic carbocycles. The molecule has 4 aromatic rings. The van der Waals surface area contributed by atoms with Gasteiger partial charge >= 0.3 is 5.97 Å². The van der Waals surface area contributed by atoms with E-state index in [0.29, 0.717) is 17.1 Å². The summed E-state index contributed by atoms with van der Waals surface area (Å²) in [5.74, 6) is 0.571. The summed E-state index contributed by atoms with van der Waals surface area (Å²) in [6.45, 7) is 7.68. The number of nitrogens with one attached hydrogen (secondary N) is 1. The fourth-order valence-electron chi connectivity index (χ4n) is 6.45. The molecule has 1 aliphatic heterocycles. The van der Waals surface area contributed by atoms with Gasteiger partial charge in [-0.1, -0.05) is 36.2 Å². The zero-order valence-corrected chi connectivity index (χ0v) is 26.3. The normalized spacial score (nSPS) is 19.4. The molecule has 0 amide bonds. The van der Waals surface area contributed by atoms with Crippen molar-refractivity contribution >= 4 is 39.9 Å². The lowest BCUT2D eigenvalue weighted by Gasteiger charge is -2.40. The molecule has 3 heterocycles. The van der Waals surface area contributed by atoms with Crippen LogP contribution in [0.2, 0.25) is 5.02 Å². The van der Waals surface area contributed by atoms with Crippen LogP contribution in [0.5, 0.6) is 11.5 Å². The van der Waals surface area contributed by atoms with Crippen molar-refractivity contribution in [1.29, 1.82) is 0 Å². The number of carbonyl (C=O) groups is 1. The Morgan fingerprint density at radius 1 is 1.05 bits per heavy atom. The minimum atomic E-state index is -0.439. The summed E-state index contributed by atoms with van der Waals surface area (Å²) in [6, 6.07) is 17.8. The summed E-state index contributed by atoms with van der Waals surface area (Å²) in [5.41, 5.74) is 6.51. The highest BCUT2D eigenvalue weighted by Crippen LogP contribution is 2.44. The molecular weight excluding hydrogens is 576 g/mol. The molecule has 230 valence electrons. The van der Waals surface area contributed by atoms with E-state index in [9.17, 15) is 4.79 Å². The molecule has 1 unspecified atom stereocenters. The number of aromatic amines is 1. The number of hydrogen-bond donors (Lipinski definition) is 1. The number of rotatable bonds is 9. The van der Waals surface area contributed by atoms with Crippen LogP contribution in [0.15, 0.2) is 72.6 Å². The van der Waals surface area contributed by atoms with Crippen LogP contribution >= 0.6 is 11.6 Å². The van der Waals surface area contributed by atoms with Crippen LogP contribution in [0, 0.1) is 5.41 Å². The highest BCUT2D eigenvalue weighted by molar-refractivity contribution is 6.30. The van der Waals surface area contributed by atoms with Crippen LogP contribution in [0.1, 0.15) is 42.1 Å². The van der Waals surface area contributed by atoms with Gasteiger partial charge in [-0.3, -0.25) is 4.90 Å². The summed E-state index contributed by atoms with van der Waals surface area (Å²) in [6.07, 6.45) is 6.68. The predicted octanol–water partition coefficient (Wildman–Crippen LogP) is 7.21. The van der Waals surface area contributed by atoms with E-state index in [2.05, 4.69) is 38.8 Å². The smallest absolute Gasteiger partial charge is 0.341 e. The number of halogens is 1. The number of hydrogen-bond acceptors (Lipinski definition) is 7. The first kappa shape index (κ1) is 30.2. The Morgan fingerprint density at radius 3 is 2.59 bits per heavy atom. The molecular formula is C35H39ClN4O4. The number of esters is 1. The van der Waals surface area contributed by atoms with E-state index < -0.39 is 5.97 Å². The molecule has 1 aliphatic carbocycles. The Balaban J connectivity index is 1.18. The lowest BCUT2D eigenvalue weighted by Crippen LogP contribution is -2.47. The van der Waals surface area contributed by atoms with E-state index >= 15 is 0 Å². The molecule has 1 fully saturated rings. The van der Waals surface area contributed by atoms with Crippen molar-refractivity contribution in [3.05, 3.63) is 88.7 Å². The van der Waals surface area contributed by atoms with Gasteiger partial charge in [-0.25, -0.2) is 9.78 Å². The average molecular weight is 615 g/mol. The Bertz CT molecular complexity index is 1660. The number of piperazine rings is 1. The van der Waals surface area contributed by atoms with Gasteiger partial charge in [0.25, 0.3) is 0 Å². The summed E-state index contributed by atoms with van der Waals surface area (Å²) in [7, 11) is 3.17. The number of pyridine rings is 1. The lowest BCUT2D eigenvalue weighted by molar-refractivity contribution is 0.0598. The van der Waals surface area contributed by atoms with E-state index in [1.165, 1.54) is 23.8 Å². The van der Waals surface area contributed by atoms with Crippen molar-refractivity contribution < 1.29 is 19.0 Å². The van der Waals surface area contributed by atoms with Gasteiger partial charge < -0.3 is 24.1 Å². The molecule has 0 bridgehead atoms. The fourth-order valence-corrected chi connectivity index (χ4v) is 6.58. The third kappa shape index (κ3) is 6.62. The molecule has 44 heavy (non-hydrogen) atoms. The van der Waals surface area contributed by atoms with E-state index in [1.807, 2.05) is 42.6 Å². The number of nitrogens with zero attached hydrogens (tertiary/aromatic N) is 3. The Labute approximate surface area is 263 Å². The quantitative estimate of drug-likeness (QED) is 0.200. The highest BCUT2D eigenvalue weighted by Gasteiger charge is 2.33. The van der Waals surface area contributed by atoms with Crippen LogP contribution < -0.4 is 9.64 Å². The fraction of sp³-hybridized carbons (Fsp3) is 0.371. The maximum Gasteiger partial charge on any atom is 0.341 e. The molecule has 8 nitrogen and oxygen atoms in total. The maximum atomic E-state index is 12.6. The number of carbonyl (C=O) groups excluding carboxylic acids is 1. The summed E-state index contributed by atoms with van der Waals surface area (Å²) in [4.78, 5) is 25.0. The number of aromatic nitrogens is 2. The van der Waals surface area contributed by atoms with E-state index in [1.54, 1.807) is 19.4 Å². The van der Waals surface area contributed by atoms with Crippen molar-refractivity contribution in [1.82, 2.24) is 14.9 Å². The van der Waals surface area contributed by atoms with Crippen molar-refractivity contribution in [2.45, 2.75) is 26.2 Å². The number of anilines is 1. The van der Waals surface area contributed by atoms with Gasteiger partial charge in [0.15, 0.2) is 0 Å². The molecule has 0 spiro atoms. The van der Waals surface area contributed by atoms with Crippen molar-refractivity contribution in [2.24, 2.45) is 5.41 Å². The predicted molar refractivity (Wildman–Crippen MR) is 175 cm³/mol. The summed E-state index contributed by atoms with van der Waals surface area (Å²) >= 11 is 6.23. The van der Waals surface area contributed by atoms with Crippen LogP contribution in [0.3, 0.4) is 0 Å². The van der Waals surface area contributed by atoms with Gasteiger partial charge in [0.05, 0.1) is 19.9 Å². The molecule has 0 radical (unpaired) electrons. The van der Waals surface area contributed by atoms with Crippen LogP contribution in [-0.2, 0) is 9.47 Å². The van der Waals surface area contributed by atoms with Crippen molar-refractivity contribution in [3.8, 4) is 11.5 Å². The van der Waals surface area contributed by atoms with E-state index in [4.69, 9.17) is 25.8 Å². The van der Waals surface area contributed by atoms with E-state index in [0.717, 1.165) is 80.3 Å². The Hall–Kier alpha value is -3.85. The number of ether oxygens (including phenoxy) is 3. The van der Waals surface area contributed by atoms with Crippen molar-refractivity contribution in [2.75, 3.05) is 58.5 Å². The average Bonchev–Trinajstić information content (AvgIpc) is 3.51. The summed E-state index contributed by atoms with van der Waals surface area (Å²) < 4.78 is 16.9. The number of benzene rings is 2. The molecule has 2 aliphatic rings. The highest BCUT2D eigenvalue weighted by atomic mass is 35.5. The standard InChI is InChI=1S/C35H39ClN4O4/c1-35(23-42-2)12-10-26(31(20-35)24-4-6-27(36)7-5-24)22-39-14-16-40(17-15-39)28-8-9-30(34(41)43-3)32(19-28)44-29-18-25-11-13-37-33(25)38-21-29/h4-9,11,13,18-19,21H,10,12,14-17,20,22-23H2,1-3H3,(H,37,38). The second-order valence-corrected chi connectivity index (χ2v) is 12.6. The molecule has 9 heteroatoms. The third-order valence-corrected chi connectivity index (χ3v) is 9.12. The zero-order valence-electron chi connectivity index (χ0n) is 25.6. The van der Waals surface area contributed by atoms with Crippen LogP contribution in [0.4, 0.5) is 5.69 Å². The number of fused-ring (bicyclic) bond motifs is 1. The maximum absolute atomic E-state index is 12.6. The Morgan fingerprint density at radius 2 is 1.84 bits per heavy atom. The van der Waals surface area contributed by atoms with Crippen molar-refractivity contribution in [3.63, 3.8) is 0 Å². The van der Waals surface area contributed by atoms with Gasteiger partial charge in [-0.15, -0.1) is 0 Å². The van der Waals surface area contributed by atoms with Gasteiger partial charge in [-0.05, 0) is 72.2 Å². The first-order chi connectivity index (χ1) is 21.3. The third-order valence-electron chi connectivity index (χ3n) is 8.87. The topological polar surface area (TPSA) is 79.9 Å². The number of methoxy groups -OCH3 is 2.